The average molecular weight is 379 g/mol. The molecule has 0 saturated carbocycles. The van der Waals surface area contributed by atoms with Crippen molar-refractivity contribution in [1.82, 2.24) is 4.90 Å². The number of hydrogen-bond acceptors (Lipinski definition) is 4. The Bertz CT molecular complexity index is 903. The van der Waals surface area contributed by atoms with Gasteiger partial charge in [0.2, 0.25) is 0 Å². The first-order valence-corrected chi connectivity index (χ1v) is 9.28. The summed E-state index contributed by atoms with van der Waals surface area (Å²) >= 11 is 0. The normalized spacial score (nSPS) is 17.9. The second-order valence-corrected chi connectivity index (χ2v) is 7.86. The molecule has 1 saturated heterocycles. The third-order valence-electron chi connectivity index (χ3n) is 5.08. The van der Waals surface area contributed by atoms with Crippen molar-refractivity contribution < 1.29 is 19.4 Å². The first kappa shape index (κ1) is 19.7. The van der Waals surface area contributed by atoms with Gasteiger partial charge in [0.1, 0.15) is 18.1 Å². The molecule has 1 aliphatic rings. The zero-order valence-corrected chi connectivity index (χ0v) is 16.2. The molecule has 0 aliphatic carbocycles. The maximum absolute atomic E-state index is 13.2. The van der Waals surface area contributed by atoms with E-state index < -0.39 is 0 Å². The number of carbonyl (C=O) groups is 2. The van der Waals surface area contributed by atoms with Crippen LogP contribution in [0.15, 0.2) is 49.0 Å². The van der Waals surface area contributed by atoms with Crippen LogP contribution in [0.5, 0.6) is 11.5 Å². The fourth-order valence-electron chi connectivity index (χ4n) is 3.79. The molecular weight excluding hydrogens is 354 g/mol. The summed E-state index contributed by atoms with van der Waals surface area (Å²) < 4.78 is 5.96. The number of phenolic OH excluding ortho intramolecular Hbond substituents is 1. The molecule has 5 nitrogen and oxygen atoms in total. The van der Waals surface area contributed by atoms with Crippen LogP contribution < -0.4 is 4.74 Å². The zero-order valence-electron chi connectivity index (χ0n) is 16.2. The van der Waals surface area contributed by atoms with E-state index in [4.69, 9.17) is 4.74 Å². The highest BCUT2D eigenvalue weighted by molar-refractivity contribution is 6.01. The summed E-state index contributed by atoms with van der Waals surface area (Å²) in [6, 6.07) is 11.8. The first-order valence-electron chi connectivity index (χ1n) is 9.28. The van der Waals surface area contributed by atoms with Crippen LogP contribution in [0.4, 0.5) is 0 Å². The van der Waals surface area contributed by atoms with E-state index in [0.29, 0.717) is 41.9 Å². The third kappa shape index (κ3) is 3.93. The molecule has 1 aliphatic heterocycles. The van der Waals surface area contributed by atoms with Gasteiger partial charge in [-0.1, -0.05) is 50.8 Å². The van der Waals surface area contributed by atoms with Crippen LogP contribution in [0.25, 0.3) is 6.08 Å². The van der Waals surface area contributed by atoms with Gasteiger partial charge in [0, 0.05) is 12.1 Å². The number of aromatic hydroxyl groups is 1. The molecule has 2 aromatic rings. The predicted octanol–water partition coefficient (Wildman–Crippen LogP) is 4.17. The number of hydrogen-bond donors (Lipinski definition) is 1. The van der Waals surface area contributed by atoms with E-state index in [1.54, 1.807) is 53.4 Å². The Hall–Kier alpha value is -3.08. The van der Waals surface area contributed by atoms with Gasteiger partial charge in [0.25, 0.3) is 5.91 Å². The van der Waals surface area contributed by atoms with Gasteiger partial charge < -0.3 is 14.7 Å². The quantitative estimate of drug-likeness (QED) is 0.765. The zero-order chi connectivity index (χ0) is 20.3. The monoisotopic (exact) mass is 379 g/mol. The van der Waals surface area contributed by atoms with Crippen molar-refractivity contribution in [3.63, 3.8) is 0 Å². The van der Waals surface area contributed by atoms with Crippen LogP contribution in [0, 0.1) is 5.41 Å². The number of rotatable bonds is 6. The Morgan fingerprint density at radius 3 is 2.75 bits per heavy atom. The number of likely N-dealkylation sites (tertiary alicyclic amines) is 1. The molecular formula is C23H25NO4. The van der Waals surface area contributed by atoms with Crippen molar-refractivity contribution in [3.8, 4) is 11.5 Å². The number of carbonyl (C=O) groups excluding carboxylic acids is 2. The van der Waals surface area contributed by atoms with Crippen molar-refractivity contribution >= 4 is 18.3 Å². The number of nitrogens with zero attached hydrogens (tertiary/aromatic N) is 1. The Morgan fingerprint density at radius 2 is 2.04 bits per heavy atom. The second-order valence-electron chi connectivity index (χ2n) is 7.86. The lowest BCUT2D eigenvalue weighted by atomic mass is 9.91. The van der Waals surface area contributed by atoms with E-state index in [1.165, 1.54) is 0 Å². The Morgan fingerprint density at radius 1 is 1.29 bits per heavy atom. The van der Waals surface area contributed by atoms with Gasteiger partial charge in [-0.25, -0.2) is 0 Å². The van der Waals surface area contributed by atoms with Crippen LogP contribution in [-0.2, 0) is 0 Å². The number of phenols is 1. The number of amides is 1. The summed E-state index contributed by atoms with van der Waals surface area (Å²) in [4.78, 5) is 26.3. The molecule has 0 bridgehead atoms. The van der Waals surface area contributed by atoms with Crippen molar-refractivity contribution in [2.75, 3.05) is 13.2 Å². The van der Waals surface area contributed by atoms with Crippen molar-refractivity contribution in [2.45, 2.75) is 26.3 Å². The maximum Gasteiger partial charge on any atom is 0.254 e. The summed E-state index contributed by atoms with van der Waals surface area (Å²) in [6.45, 7) is 8.83. The van der Waals surface area contributed by atoms with E-state index in [-0.39, 0.29) is 23.1 Å². The maximum atomic E-state index is 13.2. The summed E-state index contributed by atoms with van der Waals surface area (Å²) in [6.07, 6.45) is 3.04. The molecule has 1 N–H and O–H groups in total. The van der Waals surface area contributed by atoms with Gasteiger partial charge in [-0.3, -0.25) is 9.59 Å². The van der Waals surface area contributed by atoms with E-state index in [1.807, 2.05) is 0 Å². The lowest BCUT2D eigenvalue weighted by molar-refractivity contribution is 0.0681. The van der Waals surface area contributed by atoms with Crippen LogP contribution >= 0.6 is 0 Å². The van der Waals surface area contributed by atoms with Gasteiger partial charge in [-0.05, 0) is 30.0 Å². The Labute approximate surface area is 165 Å². The SMILES string of the molecule is C=Cc1c(O)cccc1OC[C@@H]1CC(C)(C)CN1C(=O)c1ccccc1C=O. The molecule has 0 spiro atoms. The molecule has 1 fully saturated rings. The lowest BCUT2D eigenvalue weighted by Crippen LogP contribution is -2.39. The molecule has 146 valence electrons. The largest absolute Gasteiger partial charge is 0.507 e. The minimum atomic E-state index is -0.165. The third-order valence-corrected chi connectivity index (χ3v) is 5.08. The molecule has 28 heavy (non-hydrogen) atoms. The van der Waals surface area contributed by atoms with Gasteiger partial charge >= 0.3 is 0 Å². The van der Waals surface area contributed by atoms with Gasteiger partial charge in [0.15, 0.2) is 6.29 Å². The average Bonchev–Trinajstić information content (AvgIpc) is 3.00. The molecule has 1 heterocycles. The fourth-order valence-corrected chi connectivity index (χ4v) is 3.79. The molecule has 1 atom stereocenters. The van der Waals surface area contributed by atoms with Crippen LogP contribution in [0.1, 0.15) is 46.5 Å². The minimum Gasteiger partial charge on any atom is -0.507 e. The van der Waals surface area contributed by atoms with Crippen LogP contribution in [0.3, 0.4) is 0 Å². The highest BCUT2D eigenvalue weighted by atomic mass is 16.5. The summed E-state index contributed by atoms with van der Waals surface area (Å²) in [5, 5.41) is 9.96. The van der Waals surface area contributed by atoms with Crippen LogP contribution in [-0.4, -0.2) is 41.4 Å². The van der Waals surface area contributed by atoms with E-state index in [0.717, 1.165) is 6.42 Å². The summed E-state index contributed by atoms with van der Waals surface area (Å²) in [7, 11) is 0. The van der Waals surface area contributed by atoms with E-state index in [9.17, 15) is 14.7 Å². The smallest absolute Gasteiger partial charge is 0.254 e. The molecule has 0 radical (unpaired) electrons. The van der Waals surface area contributed by atoms with Crippen LogP contribution in [0.2, 0.25) is 0 Å². The predicted molar refractivity (Wildman–Crippen MR) is 109 cm³/mol. The van der Waals surface area contributed by atoms with Gasteiger partial charge in [0.05, 0.1) is 17.2 Å². The summed E-state index contributed by atoms with van der Waals surface area (Å²) in [5.74, 6) is 0.467. The van der Waals surface area contributed by atoms with Crippen molar-refractivity contribution in [3.05, 3.63) is 65.7 Å². The molecule has 0 aromatic heterocycles. The first-order chi connectivity index (χ1) is 13.4. The second kappa shape index (κ2) is 7.89. The van der Waals surface area contributed by atoms with Crippen molar-refractivity contribution in [2.24, 2.45) is 5.41 Å². The molecule has 5 heteroatoms. The minimum absolute atomic E-state index is 0.0557. The number of benzene rings is 2. The highest BCUT2D eigenvalue weighted by Gasteiger charge is 2.41. The standard InChI is InChI=1S/C23H25NO4/c1-4-18-20(26)10-7-11-21(18)28-14-17-12-23(2,3)15-24(17)22(27)19-9-6-5-8-16(19)13-25/h4-11,13,17,26H,1,12,14-15H2,2-3H3/t17-/m0/s1. The van der Waals surface area contributed by atoms with E-state index >= 15 is 0 Å². The Balaban J connectivity index is 1.83. The van der Waals surface area contributed by atoms with Gasteiger partial charge in [-0.2, -0.15) is 0 Å². The van der Waals surface area contributed by atoms with Crippen molar-refractivity contribution in [1.29, 1.82) is 0 Å². The van der Waals surface area contributed by atoms with E-state index in [2.05, 4.69) is 20.4 Å². The fraction of sp³-hybridized carbons (Fsp3) is 0.304. The topological polar surface area (TPSA) is 66.8 Å². The molecule has 0 unspecified atom stereocenters. The van der Waals surface area contributed by atoms with Gasteiger partial charge in [-0.15, -0.1) is 0 Å². The Kier molecular flexibility index (Phi) is 5.54. The number of aldehydes is 1. The lowest BCUT2D eigenvalue weighted by Gasteiger charge is -2.26. The molecule has 1 amide bonds. The summed E-state index contributed by atoms with van der Waals surface area (Å²) in [5.41, 5.74) is 1.27. The number of ether oxygens (including phenoxy) is 1. The highest BCUT2D eigenvalue weighted by Crippen LogP contribution is 2.36. The molecule has 2 aromatic carbocycles. The molecule has 3 rings (SSSR count).